The maximum atomic E-state index is 13.8. The first-order chi connectivity index (χ1) is 29.5. The molecule has 0 aromatic carbocycles. The molecule has 0 radical (unpaired) electrons. The van der Waals surface area contributed by atoms with Crippen LogP contribution < -0.4 is 0 Å². The minimum Gasteiger partial charge on any atom is -0.450 e. The Kier molecular flexibility index (Phi) is 14.9. The summed E-state index contributed by atoms with van der Waals surface area (Å²) < 4.78 is 15.2. The molecule has 64 heavy (non-hydrogen) atoms. The van der Waals surface area contributed by atoms with Crippen molar-refractivity contribution in [3.63, 3.8) is 0 Å². The van der Waals surface area contributed by atoms with Crippen LogP contribution in [0.15, 0.2) is 37.4 Å². The van der Waals surface area contributed by atoms with Gasteiger partial charge in [0.15, 0.2) is 12.2 Å². The van der Waals surface area contributed by atoms with Crippen molar-refractivity contribution in [2.24, 2.45) is 0 Å². The number of nitrogens with one attached hydrogen (secondary N) is 2. The number of likely N-dealkylation sites (N-methyl/N-ethyl adjacent to an activating group) is 4. The number of hydrogen-bond acceptors (Lipinski definition) is 6. The molecule has 3 aromatic heterocycles. The number of hydrogen-bond donors (Lipinski definition) is 2. The number of rotatable bonds is 18. The third kappa shape index (κ3) is 13.0. The van der Waals surface area contributed by atoms with Crippen molar-refractivity contribution in [2.75, 3.05) is 111 Å². The molecule has 0 atom stereocenters. The number of fused-ring (bicyclic) bond motifs is 8. The third-order valence-electron chi connectivity index (χ3n) is 11.8. The monoisotopic (exact) mass is 879 g/mol. The molecule has 2 N–H and O–H groups in total. The predicted molar refractivity (Wildman–Crippen MR) is 265 cm³/mol. The maximum absolute atomic E-state index is 13.8. The van der Waals surface area contributed by atoms with Crippen LogP contribution in [0.1, 0.15) is 84.6 Å². The van der Waals surface area contributed by atoms with Gasteiger partial charge in [-0.15, -0.1) is 0 Å². The largest absolute Gasteiger partial charge is 0.450 e. The average molecular weight is 879 g/mol. The number of allylic oxidation sites excluding steroid dienone is 4. The molecule has 0 aliphatic carbocycles. The molecule has 2 aliphatic heterocycles. The lowest BCUT2D eigenvalue weighted by molar-refractivity contribution is -0.895. The molecule has 5 rings (SSSR count). The Morgan fingerprint density at radius 2 is 0.859 bits per heavy atom. The quantitative estimate of drug-likeness (QED) is 0.0984. The van der Waals surface area contributed by atoms with Crippen molar-refractivity contribution in [1.82, 2.24) is 19.9 Å². The number of carbonyl (C=O) groups excluding carboxylic acids is 2. The topological polar surface area (TPSA) is 110 Å². The molecular formula is C52H78N8O4+4. The molecule has 346 valence electrons. The molecule has 0 saturated carbocycles. The number of carbonyl (C=O) groups is 2. The predicted octanol–water partition coefficient (Wildman–Crippen LogP) is 8.29. The first-order valence-electron chi connectivity index (χ1n) is 22.6. The SMILES string of the molecule is C=Cc1c(C)c2cc3[nH]c(cc4nc(cc5nc(cc1[nH]2)C(C)=C5CCC(=O)OC(C[N+](C)(C)C)C[N+](C)(C)C)C(CCC(=O)OC(C[N+](C)(C)C)C[N+](C)(C)C)=C4C)c(C)c3C=C. The number of esters is 2. The highest BCUT2D eigenvalue weighted by Gasteiger charge is 2.31. The Bertz CT molecular complexity index is 2490. The maximum Gasteiger partial charge on any atom is 0.306 e. The van der Waals surface area contributed by atoms with Gasteiger partial charge < -0.3 is 37.4 Å². The van der Waals surface area contributed by atoms with E-state index in [0.29, 0.717) is 57.0 Å². The summed E-state index contributed by atoms with van der Waals surface area (Å²) in [5.74, 6) is -0.466. The second kappa shape index (κ2) is 19.1. The summed E-state index contributed by atoms with van der Waals surface area (Å²) in [7, 11) is 25.4. The Labute approximate surface area is 383 Å². The standard InChI is InChI=1S/C52H78N8O4/c1-19-39-33(3)43-25-44-35(5)41(21-23-51(61)63-37(29-57(7,8)9)30-58(10,11)12)49(55-44)28-50-42(22-24-52(62)64-38(31-59(13,14)15)32-60(16,17)18)36(6)46(56-50)27-48-40(20-2)34(4)45(54-48)26-47(39)53-43/h19-20,25-28,37-38,53-54H,1-2,21-24,29-32H2,3-18H3/q+4. The van der Waals surface area contributed by atoms with Crippen molar-refractivity contribution in [2.45, 2.75) is 65.6 Å². The Hall–Kier alpha value is -5.14. The number of quaternary nitrogens is 4. The van der Waals surface area contributed by atoms with Crippen LogP contribution in [0, 0.1) is 13.8 Å². The molecule has 0 unspecified atom stereocenters. The number of aromatic nitrogens is 4. The molecule has 8 bridgehead atoms. The summed E-state index contributed by atoms with van der Waals surface area (Å²) in [6, 6.07) is 8.31. The normalized spacial score (nSPS) is 13.9. The smallest absolute Gasteiger partial charge is 0.306 e. The summed E-state index contributed by atoms with van der Waals surface area (Å²) in [6.45, 7) is 19.5. The van der Waals surface area contributed by atoms with Gasteiger partial charge in [0.2, 0.25) is 0 Å². The number of H-pyrrole nitrogens is 2. The van der Waals surface area contributed by atoms with Gasteiger partial charge in [0, 0.05) is 46.0 Å². The fraction of sp³-hybridized carbons (Fsp3) is 0.500. The van der Waals surface area contributed by atoms with Gasteiger partial charge in [-0.05, 0) is 98.2 Å². The molecule has 12 nitrogen and oxygen atoms in total. The second-order valence-corrected chi connectivity index (χ2v) is 22.1. The van der Waals surface area contributed by atoms with Crippen molar-refractivity contribution >= 4 is 68.4 Å². The van der Waals surface area contributed by atoms with Gasteiger partial charge >= 0.3 is 11.9 Å². The molecular weight excluding hydrogens is 801 g/mol. The third-order valence-corrected chi connectivity index (χ3v) is 11.8. The van der Waals surface area contributed by atoms with Crippen LogP contribution in [-0.2, 0) is 19.1 Å². The van der Waals surface area contributed by atoms with E-state index in [1.165, 1.54) is 0 Å². The van der Waals surface area contributed by atoms with Crippen LogP contribution in [-0.4, -0.2) is 173 Å². The van der Waals surface area contributed by atoms with E-state index in [-0.39, 0.29) is 37.0 Å². The lowest BCUT2D eigenvalue weighted by Gasteiger charge is -2.33. The molecule has 0 fully saturated rings. The van der Waals surface area contributed by atoms with Crippen molar-refractivity contribution in [3.05, 3.63) is 82.5 Å². The number of aromatic amines is 2. The van der Waals surface area contributed by atoms with Crippen LogP contribution in [0.2, 0.25) is 0 Å². The fourth-order valence-corrected chi connectivity index (χ4v) is 8.95. The highest BCUT2D eigenvalue weighted by Crippen LogP contribution is 2.38. The lowest BCUT2D eigenvalue weighted by atomic mass is 9.98. The second-order valence-electron chi connectivity index (χ2n) is 22.1. The minimum atomic E-state index is -0.235. The van der Waals surface area contributed by atoms with E-state index >= 15 is 0 Å². The average Bonchev–Trinajstić information content (AvgIpc) is 3.79. The van der Waals surface area contributed by atoms with Gasteiger partial charge in [0.05, 0.1) is 107 Å². The minimum absolute atomic E-state index is 0.197. The van der Waals surface area contributed by atoms with Crippen molar-refractivity contribution in [3.8, 4) is 0 Å². The Balaban J connectivity index is 1.66. The Morgan fingerprint density at radius 3 is 1.20 bits per heavy atom. The van der Waals surface area contributed by atoms with Crippen LogP contribution in [0.25, 0.3) is 56.5 Å². The van der Waals surface area contributed by atoms with Crippen LogP contribution in [0.3, 0.4) is 0 Å². The van der Waals surface area contributed by atoms with Gasteiger partial charge in [-0.1, -0.05) is 25.3 Å². The highest BCUT2D eigenvalue weighted by atomic mass is 16.5. The van der Waals surface area contributed by atoms with Crippen LogP contribution in [0.4, 0.5) is 0 Å². The van der Waals surface area contributed by atoms with Gasteiger partial charge in [0.1, 0.15) is 26.2 Å². The molecule has 5 heterocycles. The van der Waals surface area contributed by atoms with E-state index in [4.69, 9.17) is 19.4 Å². The Morgan fingerprint density at radius 1 is 0.531 bits per heavy atom. The molecule has 3 aromatic rings. The van der Waals surface area contributed by atoms with Crippen molar-refractivity contribution < 1.29 is 37.0 Å². The van der Waals surface area contributed by atoms with Gasteiger partial charge in [0.25, 0.3) is 0 Å². The van der Waals surface area contributed by atoms with Crippen LogP contribution >= 0.6 is 0 Å². The molecule has 0 amide bonds. The summed E-state index contributed by atoms with van der Waals surface area (Å²) in [4.78, 5) is 45.4. The van der Waals surface area contributed by atoms with E-state index in [2.05, 4.69) is 154 Å². The zero-order chi connectivity index (χ0) is 47.7. The summed E-state index contributed by atoms with van der Waals surface area (Å²) in [6.07, 6.45) is 4.56. The fourth-order valence-electron chi connectivity index (χ4n) is 8.95. The zero-order valence-electron chi connectivity index (χ0n) is 42.0. The lowest BCUT2D eigenvalue weighted by Crippen LogP contribution is -2.51. The zero-order valence-corrected chi connectivity index (χ0v) is 42.0. The van der Waals surface area contributed by atoms with E-state index in [1.54, 1.807) is 0 Å². The molecule has 0 spiro atoms. The van der Waals surface area contributed by atoms with E-state index < -0.39 is 0 Å². The summed E-state index contributed by atoms with van der Waals surface area (Å²) in [5.41, 5.74) is 14.7. The number of ether oxygens (including phenoxy) is 2. The first-order valence-corrected chi connectivity index (χ1v) is 22.6. The van der Waals surface area contributed by atoms with Gasteiger partial charge in [-0.25, -0.2) is 9.97 Å². The summed E-state index contributed by atoms with van der Waals surface area (Å²) >= 11 is 0. The van der Waals surface area contributed by atoms with Crippen LogP contribution in [0.5, 0.6) is 0 Å². The number of nitrogens with zero attached hydrogens (tertiary/aromatic N) is 6. The molecule has 2 aliphatic rings. The van der Waals surface area contributed by atoms with Gasteiger partial charge in [-0.3, -0.25) is 9.59 Å². The summed E-state index contributed by atoms with van der Waals surface area (Å²) in [5, 5.41) is 0. The highest BCUT2D eigenvalue weighted by molar-refractivity contribution is 5.97. The van der Waals surface area contributed by atoms with Gasteiger partial charge in [-0.2, -0.15) is 0 Å². The van der Waals surface area contributed by atoms with Crippen molar-refractivity contribution in [1.29, 1.82) is 0 Å². The van der Waals surface area contributed by atoms with E-state index in [9.17, 15) is 9.59 Å². The number of aryl methyl sites for hydroxylation is 2. The first kappa shape index (κ1) is 49.9. The van der Waals surface area contributed by atoms with E-state index in [0.717, 1.165) is 89.4 Å². The molecule has 0 saturated heterocycles. The molecule has 12 heteroatoms. The van der Waals surface area contributed by atoms with E-state index in [1.807, 2.05) is 18.2 Å².